The number of nitrogens with two attached hydrogens (primary N) is 1. The molecule has 2 heterocycles. The van der Waals surface area contributed by atoms with Crippen LogP contribution in [-0.2, 0) is 10.6 Å². The number of hydrogen-bond donors (Lipinski definition) is 1. The van der Waals surface area contributed by atoms with Gasteiger partial charge in [-0.1, -0.05) is 0 Å². The molecule has 2 aromatic rings. The molecule has 7 heteroatoms. The molecule has 2 N–H and O–H groups in total. The van der Waals surface area contributed by atoms with Crippen LogP contribution in [0.25, 0.3) is 0 Å². The second kappa shape index (κ2) is 7.72. The molecule has 0 atom stereocenters. The quantitative estimate of drug-likeness (QED) is 0.770. The molecule has 1 aliphatic heterocycles. The average molecular weight is 377 g/mol. The molecule has 122 valence electrons. The number of aromatic nitrogens is 3. The second-order valence-electron chi connectivity index (χ2n) is 5.68. The fourth-order valence-electron chi connectivity index (χ4n) is 2.47. The van der Waals surface area contributed by atoms with E-state index in [4.69, 9.17) is 5.73 Å². The van der Waals surface area contributed by atoms with Gasteiger partial charge in [0.05, 0.1) is 0 Å². The van der Waals surface area contributed by atoms with Crippen molar-refractivity contribution in [3.63, 3.8) is 0 Å². The molecule has 1 fully saturated rings. The Morgan fingerprint density at radius 2 is 1.74 bits per heavy atom. The van der Waals surface area contributed by atoms with Crippen LogP contribution in [0.4, 0.5) is 11.9 Å². The molecule has 6 nitrogen and oxygen atoms in total. The van der Waals surface area contributed by atoms with Gasteiger partial charge in [-0.2, -0.15) is 0 Å². The van der Waals surface area contributed by atoms with Gasteiger partial charge in [-0.05, 0) is 0 Å². The van der Waals surface area contributed by atoms with Crippen LogP contribution in [0, 0.1) is 0 Å². The average Bonchev–Trinajstić information content (AvgIpc) is 2.56. The Morgan fingerprint density at radius 1 is 1.00 bits per heavy atom. The van der Waals surface area contributed by atoms with E-state index in [0.717, 1.165) is 48.6 Å². The molecule has 0 spiro atoms. The zero-order valence-electron chi connectivity index (χ0n) is 13.4. The number of anilines is 2. The van der Waals surface area contributed by atoms with Crippen LogP contribution >= 0.6 is 0 Å². The molecule has 1 aromatic heterocycles. The number of nitrogens with zero attached hydrogens (tertiary/aromatic N) is 5. The van der Waals surface area contributed by atoms with Crippen molar-refractivity contribution < 1.29 is 0 Å². The van der Waals surface area contributed by atoms with Gasteiger partial charge in [0.25, 0.3) is 0 Å². The zero-order chi connectivity index (χ0) is 16.1. The first-order chi connectivity index (χ1) is 11.2. The molecule has 0 aliphatic carbocycles. The molecule has 0 bridgehead atoms. The third-order valence-electron chi connectivity index (χ3n) is 3.82. The molecule has 1 aliphatic rings. The van der Waals surface area contributed by atoms with Gasteiger partial charge in [-0.25, -0.2) is 0 Å². The van der Waals surface area contributed by atoms with Crippen molar-refractivity contribution in [3.05, 3.63) is 41.7 Å². The Kier molecular flexibility index (Phi) is 5.43. The molecular weight excluding hydrogens is 355 g/mol. The first-order valence-corrected chi connectivity index (χ1v) is 10.2. The number of benzene rings is 1. The van der Waals surface area contributed by atoms with Crippen molar-refractivity contribution in [2.75, 3.05) is 43.9 Å². The van der Waals surface area contributed by atoms with Gasteiger partial charge < -0.3 is 0 Å². The maximum atomic E-state index is 5.88. The third kappa shape index (κ3) is 4.64. The Morgan fingerprint density at radius 3 is 2.48 bits per heavy atom. The fraction of sp³-hybridized carbons (Fsp3) is 0.438. The molecule has 0 amide bonds. The van der Waals surface area contributed by atoms with Crippen LogP contribution in [0.15, 0.2) is 30.3 Å². The van der Waals surface area contributed by atoms with E-state index >= 15 is 0 Å². The van der Waals surface area contributed by atoms with E-state index < -0.39 is 0 Å². The Labute approximate surface area is 143 Å². The summed E-state index contributed by atoms with van der Waals surface area (Å²) in [5, 5.41) is 1.97. The molecule has 0 saturated carbocycles. The van der Waals surface area contributed by atoms with Crippen LogP contribution < -0.4 is 10.6 Å². The van der Waals surface area contributed by atoms with Crippen molar-refractivity contribution in [2.24, 2.45) is 0 Å². The van der Waals surface area contributed by atoms with Gasteiger partial charge in [0.1, 0.15) is 0 Å². The molecule has 0 unspecified atom stereocenters. The van der Waals surface area contributed by atoms with Crippen molar-refractivity contribution in [1.82, 2.24) is 19.9 Å². The van der Waals surface area contributed by atoms with Crippen LogP contribution in [0.5, 0.6) is 0 Å². The summed E-state index contributed by atoms with van der Waals surface area (Å²) in [6.45, 7) is 3.93. The van der Waals surface area contributed by atoms with E-state index in [0.29, 0.717) is 20.9 Å². The van der Waals surface area contributed by atoms with Crippen molar-refractivity contribution in [1.29, 1.82) is 0 Å². The number of piperazine rings is 1. The predicted octanol–water partition coefficient (Wildman–Crippen LogP) is 0.610. The van der Waals surface area contributed by atoms with Crippen LogP contribution in [0.2, 0.25) is 0 Å². The van der Waals surface area contributed by atoms with E-state index in [-0.39, 0.29) is 0 Å². The van der Waals surface area contributed by atoms with Gasteiger partial charge in [0.15, 0.2) is 0 Å². The third-order valence-corrected chi connectivity index (χ3v) is 5.91. The number of nitrogen functional groups attached to an aromatic ring is 1. The van der Waals surface area contributed by atoms with Gasteiger partial charge in [-0.3, -0.25) is 0 Å². The fourth-order valence-corrected chi connectivity index (χ4v) is 4.24. The second-order valence-corrected chi connectivity index (χ2v) is 7.75. The SMILES string of the molecule is CN1CCN(c2nc(N)nc(C[Se]Cc3ccccc3)n2)CC1. The van der Waals surface area contributed by atoms with E-state index in [1.54, 1.807) is 0 Å². The van der Waals surface area contributed by atoms with E-state index in [1.807, 2.05) is 6.07 Å². The van der Waals surface area contributed by atoms with Crippen LogP contribution in [-0.4, -0.2) is 68.0 Å². The van der Waals surface area contributed by atoms with Crippen LogP contribution in [0.1, 0.15) is 11.4 Å². The first kappa shape index (κ1) is 16.2. The standard InChI is InChI=1S/C16H22N6Se/c1-21-7-9-22(10-8-21)16-19-14(18-15(17)20-16)12-23-11-13-5-3-2-4-6-13/h2-6H,7-12H2,1H3,(H2,17,18,19,20). The Hall–Kier alpha value is -1.69. The molecule has 1 saturated heterocycles. The summed E-state index contributed by atoms with van der Waals surface area (Å²) in [6.07, 6.45) is 0. The minimum atomic E-state index is 0.333. The first-order valence-electron chi connectivity index (χ1n) is 7.76. The zero-order valence-corrected chi connectivity index (χ0v) is 15.1. The van der Waals surface area contributed by atoms with E-state index in [1.165, 1.54) is 5.56 Å². The number of hydrogen-bond acceptors (Lipinski definition) is 6. The molecule has 23 heavy (non-hydrogen) atoms. The van der Waals surface area contributed by atoms with Crippen molar-refractivity contribution in [2.45, 2.75) is 10.6 Å². The molecule has 1 aromatic carbocycles. The Bertz CT molecular complexity index is 628. The van der Waals surface area contributed by atoms with Gasteiger partial charge in [0.2, 0.25) is 0 Å². The van der Waals surface area contributed by atoms with E-state index in [2.05, 4.69) is 56.1 Å². The van der Waals surface area contributed by atoms with Gasteiger partial charge in [0, 0.05) is 0 Å². The summed E-state index contributed by atoms with van der Waals surface area (Å²) in [4.78, 5) is 17.8. The van der Waals surface area contributed by atoms with Crippen molar-refractivity contribution >= 4 is 26.9 Å². The summed E-state index contributed by atoms with van der Waals surface area (Å²) in [7, 11) is 2.14. The summed E-state index contributed by atoms with van der Waals surface area (Å²) in [5.74, 6) is 1.89. The molecule has 0 radical (unpaired) electrons. The Balaban J connectivity index is 1.61. The van der Waals surface area contributed by atoms with Crippen molar-refractivity contribution in [3.8, 4) is 0 Å². The number of rotatable bonds is 5. The summed E-state index contributed by atoms with van der Waals surface area (Å²) < 4.78 is 0. The normalized spacial score (nSPS) is 15.8. The van der Waals surface area contributed by atoms with Gasteiger partial charge in [-0.15, -0.1) is 0 Å². The monoisotopic (exact) mass is 378 g/mol. The molecule has 3 rings (SSSR count). The summed E-state index contributed by atoms with van der Waals surface area (Å²) >= 11 is 0.425. The summed E-state index contributed by atoms with van der Waals surface area (Å²) in [5.41, 5.74) is 7.25. The summed E-state index contributed by atoms with van der Waals surface area (Å²) in [6, 6.07) is 10.5. The predicted molar refractivity (Wildman–Crippen MR) is 93.6 cm³/mol. The van der Waals surface area contributed by atoms with Crippen LogP contribution in [0.3, 0.4) is 0 Å². The number of likely N-dealkylation sites (N-methyl/N-ethyl adjacent to an activating group) is 1. The van der Waals surface area contributed by atoms with E-state index in [9.17, 15) is 0 Å². The maximum absolute atomic E-state index is 5.88. The van der Waals surface area contributed by atoms with Gasteiger partial charge >= 0.3 is 143 Å². The topological polar surface area (TPSA) is 71.2 Å². The molecular formula is C16H22N6Se. The minimum absolute atomic E-state index is 0.333.